The molecule has 1 amide bonds. The maximum atomic E-state index is 13.9. The lowest BCUT2D eigenvalue weighted by atomic mass is 9.87. The second-order valence-electron chi connectivity index (χ2n) is 13.5. The number of benzene rings is 3. The fraction of sp³-hybridized carbons (Fsp3) is 0.308. The summed E-state index contributed by atoms with van der Waals surface area (Å²) in [7, 11) is -2.75. The van der Waals surface area contributed by atoms with Gasteiger partial charge >= 0.3 is 0 Å². The number of para-hydroxylation sites is 3. The van der Waals surface area contributed by atoms with Crippen molar-refractivity contribution in [1.29, 1.82) is 0 Å². The van der Waals surface area contributed by atoms with Crippen molar-refractivity contribution in [3.63, 3.8) is 0 Å². The van der Waals surface area contributed by atoms with Gasteiger partial charge in [-0.15, -0.1) is 0 Å². The average Bonchev–Trinajstić information content (AvgIpc) is 3.09. The highest BCUT2D eigenvalue weighted by Gasteiger charge is 2.27. The van der Waals surface area contributed by atoms with Crippen LogP contribution in [0.3, 0.4) is 0 Å². The topological polar surface area (TPSA) is 155 Å². The second-order valence-corrected chi connectivity index (χ2v) is 15.2. The molecule has 0 bridgehead atoms. The minimum atomic E-state index is -4.23. The number of ether oxygens (including phenoxy) is 3. The van der Waals surface area contributed by atoms with Crippen LogP contribution in [0, 0.1) is 13.8 Å². The number of carbonyl (C=O) groups excluding carboxylic acids is 1. The molecular weight excluding hydrogens is 681 g/mol. The Labute approximate surface area is 305 Å². The first-order chi connectivity index (χ1) is 24.6. The third kappa shape index (κ3) is 9.21. The van der Waals surface area contributed by atoms with Crippen LogP contribution in [0.2, 0.25) is 0 Å². The van der Waals surface area contributed by atoms with E-state index in [2.05, 4.69) is 43.8 Å². The lowest BCUT2D eigenvalue weighted by Gasteiger charge is -2.20. The van der Waals surface area contributed by atoms with Crippen molar-refractivity contribution in [2.45, 2.75) is 71.1 Å². The SMILES string of the molecule is COc1ccccc1Oc1c(NS(=O)(=O)c2ccc(C(C)(C)C)cc2)nc(-c2nc(C)cc(C)n2)nc1OCCC(=O)Nc1ccccc1C(C)C. The van der Waals surface area contributed by atoms with Gasteiger partial charge in [0.25, 0.3) is 15.9 Å². The van der Waals surface area contributed by atoms with E-state index in [1.807, 2.05) is 45.0 Å². The number of amides is 1. The molecule has 0 fully saturated rings. The second kappa shape index (κ2) is 15.8. The molecule has 0 unspecified atom stereocenters. The Morgan fingerprint density at radius 2 is 1.44 bits per heavy atom. The van der Waals surface area contributed by atoms with Crippen LogP contribution in [0.25, 0.3) is 11.6 Å². The first-order valence-corrected chi connectivity index (χ1v) is 18.3. The van der Waals surface area contributed by atoms with Gasteiger partial charge in [-0.2, -0.15) is 4.98 Å². The molecule has 0 aliphatic heterocycles. The number of sulfonamides is 1. The summed E-state index contributed by atoms with van der Waals surface area (Å²) in [6.07, 6.45) is -0.0545. The lowest BCUT2D eigenvalue weighted by Crippen LogP contribution is -2.18. The van der Waals surface area contributed by atoms with Gasteiger partial charge in [-0.25, -0.2) is 23.4 Å². The Morgan fingerprint density at radius 3 is 2.08 bits per heavy atom. The molecule has 52 heavy (non-hydrogen) atoms. The molecule has 2 N–H and O–H groups in total. The Bertz CT molecular complexity index is 2150. The number of rotatable bonds is 13. The van der Waals surface area contributed by atoms with Gasteiger partial charge in [0.05, 0.1) is 25.0 Å². The van der Waals surface area contributed by atoms with Crippen LogP contribution in [-0.4, -0.2) is 48.0 Å². The fourth-order valence-corrected chi connectivity index (χ4v) is 6.32. The summed E-state index contributed by atoms with van der Waals surface area (Å²) < 4.78 is 48.4. The molecule has 3 aromatic carbocycles. The Hall–Kier alpha value is -5.56. The van der Waals surface area contributed by atoms with Crippen molar-refractivity contribution in [1.82, 2.24) is 19.9 Å². The smallest absolute Gasteiger partial charge is 0.263 e. The van der Waals surface area contributed by atoms with Crippen molar-refractivity contribution < 1.29 is 27.4 Å². The average molecular weight is 725 g/mol. The van der Waals surface area contributed by atoms with Gasteiger partial charge in [0.15, 0.2) is 23.1 Å². The minimum Gasteiger partial charge on any atom is -0.493 e. The van der Waals surface area contributed by atoms with Gasteiger partial charge in [-0.1, -0.05) is 77.1 Å². The highest BCUT2D eigenvalue weighted by molar-refractivity contribution is 7.92. The Kier molecular flexibility index (Phi) is 11.4. The van der Waals surface area contributed by atoms with Crippen molar-refractivity contribution in [3.05, 3.63) is 101 Å². The van der Waals surface area contributed by atoms with Crippen LogP contribution in [-0.2, 0) is 20.2 Å². The predicted molar refractivity (Wildman–Crippen MR) is 201 cm³/mol. The number of nitrogens with one attached hydrogen (secondary N) is 2. The number of hydrogen-bond acceptors (Lipinski definition) is 10. The van der Waals surface area contributed by atoms with Crippen LogP contribution in [0.1, 0.15) is 69.5 Å². The zero-order chi connectivity index (χ0) is 37.6. The van der Waals surface area contributed by atoms with Gasteiger partial charge in [0, 0.05) is 17.1 Å². The highest BCUT2D eigenvalue weighted by atomic mass is 32.2. The molecule has 0 aliphatic rings. The van der Waals surface area contributed by atoms with E-state index in [-0.39, 0.29) is 70.0 Å². The number of methoxy groups -OCH3 is 1. The fourth-order valence-electron chi connectivity index (χ4n) is 5.32. The van der Waals surface area contributed by atoms with E-state index in [4.69, 9.17) is 14.2 Å². The molecule has 13 heteroatoms. The zero-order valence-electron chi connectivity index (χ0n) is 30.6. The summed E-state index contributed by atoms with van der Waals surface area (Å²) in [6, 6.07) is 22.8. The minimum absolute atomic E-state index is 0.00683. The van der Waals surface area contributed by atoms with Crippen molar-refractivity contribution in [2.24, 2.45) is 0 Å². The van der Waals surface area contributed by atoms with E-state index >= 15 is 0 Å². The van der Waals surface area contributed by atoms with Crippen LogP contribution in [0.4, 0.5) is 11.5 Å². The Morgan fingerprint density at radius 1 is 0.827 bits per heavy atom. The molecule has 5 rings (SSSR count). The Balaban J connectivity index is 1.57. The summed E-state index contributed by atoms with van der Waals surface area (Å²) in [5, 5.41) is 2.96. The summed E-state index contributed by atoms with van der Waals surface area (Å²) in [5.74, 6) is 0.114. The summed E-state index contributed by atoms with van der Waals surface area (Å²) >= 11 is 0. The largest absolute Gasteiger partial charge is 0.493 e. The van der Waals surface area contributed by atoms with Crippen molar-refractivity contribution in [3.8, 4) is 34.8 Å². The molecule has 0 atom stereocenters. The standard InChI is InChI=1S/C39H44N6O6S/c1-24(2)29-13-9-10-14-30(29)42-33(46)21-22-50-38-34(51-32-16-12-11-15-31(32)49-8)35(43-37(44-38)36-40-25(3)23-26(4)41-36)45-52(47,48)28-19-17-27(18-20-28)39(5,6)7/h9-20,23-24H,21-22H2,1-8H3,(H,42,46)(H,43,44,45). The van der Waals surface area contributed by atoms with E-state index in [1.54, 1.807) is 56.3 Å². The van der Waals surface area contributed by atoms with Crippen LogP contribution >= 0.6 is 0 Å². The summed E-state index contributed by atoms with van der Waals surface area (Å²) in [4.78, 5) is 31.3. The van der Waals surface area contributed by atoms with E-state index in [0.29, 0.717) is 22.8 Å². The number of aryl methyl sites for hydroxylation is 2. The molecule has 272 valence electrons. The molecule has 0 saturated heterocycles. The van der Waals surface area contributed by atoms with Crippen LogP contribution in [0.5, 0.6) is 23.1 Å². The van der Waals surface area contributed by atoms with Crippen molar-refractivity contribution >= 4 is 27.4 Å². The third-order valence-electron chi connectivity index (χ3n) is 7.98. The summed E-state index contributed by atoms with van der Waals surface area (Å²) in [5.41, 5.74) is 3.81. The molecule has 2 heterocycles. The number of carbonyl (C=O) groups is 1. The monoisotopic (exact) mass is 724 g/mol. The van der Waals surface area contributed by atoms with Crippen LogP contribution in [0.15, 0.2) is 83.8 Å². The summed E-state index contributed by atoms with van der Waals surface area (Å²) in [6.45, 7) is 13.7. The van der Waals surface area contributed by atoms with Gasteiger partial charge in [0.1, 0.15) is 0 Å². The van der Waals surface area contributed by atoms with Crippen LogP contribution < -0.4 is 24.2 Å². The maximum absolute atomic E-state index is 13.9. The molecule has 0 aliphatic carbocycles. The first-order valence-electron chi connectivity index (χ1n) is 16.8. The van der Waals surface area contributed by atoms with E-state index in [0.717, 1.165) is 11.1 Å². The van der Waals surface area contributed by atoms with E-state index in [1.165, 1.54) is 19.2 Å². The number of nitrogens with zero attached hydrogens (tertiary/aromatic N) is 4. The first kappa shape index (κ1) is 37.7. The van der Waals surface area contributed by atoms with Gasteiger partial charge in [0.2, 0.25) is 17.5 Å². The quantitative estimate of drug-likeness (QED) is 0.122. The highest BCUT2D eigenvalue weighted by Crippen LogP contribution is 2.41. The zero-order valence-corrected chi connectivity index (χ0v) is 31.5. The number of anilines is 2. The van der Waals surface area contributed by atoms with Gasteiger partial charge < -0.3 is 19.5 Å². The van der Waals surface area contributed by atoms with Gasteiger partial charge in [-0.3, -0.25) is 9.52 Å². The number of aromatic nitrogens is 4. The molecule has 0 saturated carbocycles. The normalized spacial score (nSPS) is 11.6. The number of hydrogen-bond donors (Lipinski definition) is 2. The third-order valence-corrected chi connectivity index (χ3v) is 9.34. The van der Waals surface area contributed by atoms with Gasteiger partial charge in [-0.05, 0) is 72.7 Å². The molecule has 5 aromatic rings. The predicted octanol–water partition coefficient (Wildman–Crippen LogP) is 7.98. The molecule has 0 radical (unpaired) electrons. The lowest BCUT2D eigenvalue weighted by molar-refractivity contribution is -0.116. The molecule has 0 spiro atoms. The molecule has 12 nitrogen and oxygen atoms in total. The van der Waals surface area contributed by atoms with Crippen molar-refractivity contribution in [2.75, 3.05) is 23.8 Å². The maximum Gasteiger partial charge on any atom is 0.263 e. The molecular formula is C39H44N6O6S. The van der Waals surface area contributed by atoms with E-state index < -0.39 is 10.0 Å². The molecule has 2 aromatic heterocycles. The van der Waals surface area contributed by atoms with E-state index in [9.17, 15) is 13.2 Å².